The molecule has 0 aromatic carbocycles. The van der Waals surface area contributed by atoms with Gasteiger partial charge in [-0.15, -0.1) is 11.3 Å². The SMILES string of the molecule is Cc1c(C(=O)N2CCN(c3ccc([N+](=O)[O-])cn3)CC2)sc2nc(CN(C)C)[nH]c(=O)c12. The maximum atomic E-state index is 13.2. The molecule has 1 aliphatic rings. The van der Waals surface area contributed by atoms with E-state index in [0.717, 1.165) is 0 Å². The second kappa shape index (κ2) is 8.63. The van der Waals surface area contributed by atoms with E-state index in [4.69, 9.17) is 0 Å². The van der Waals surface area contributed by atoms with Gasteiger partial charge in [-0.1, -0.05) is 0 Å². The van der Waals surface area contributed by atoms with Crippen LogP contribution in [-0.2, 0) is 6.54 Å². The molecule has 4 rings (SSSR count). The number of rotatable bonds is 5. The Morgan fingerprint density at radius 1 is 1.28 bits per heavy atom. The Hall–Kier alpha value is -3.38. The lowest BCUT2D eigenvalue weighted by Gasteiger charge is -2.35. The molecule has 1 N–H and O–H groups in total. The van der Waals surface area contributed by atoms with Crippen molar-refractivity contribution in [3.05, 3.63) is 55.1 Å². The molecular formula is C20H23N7O4S. The average Bonchev–Trinajstić information content (AvgIpc) is 3.09. The van der Waals surface area contributed by atoms with Gasteiger partial charge in [0.1, 0.15) is 22.7 Å². The first kappa shape index (κ1) is 21.8. The number of anilines is 1. The first-order valence-corrected chi connectivity index (χ1v) is 10.9. The summed E-state index contributed by atoms with van der Waals surface area (Å²) in [5, 5.41) is 11.3. The standard InChI is InChI=1S/C20H23N7O4S/c1-12-16-18(28)22-14(11-24(2)3)23-19(16)32-17(12)20(29)26-8-6-25(7-9-26)15-5-4-13(10-21-15)27(30)31/h4-5,10H,6-9,11H2,1-3H3,(H,22,23,28). The minimum atomic E-state index is -0.482. The fraction of sp³-hybridized carbons (Fsp3) is 0.400. The molecule has 11 nitrogen and oxygen atoms in total. The summed E-state index contributed by atoms with van der Waals surface area (Å²) in [5.41, 5.74) is 0.369. The number of pyridine rings is 1. The van der Waals surface area contributed by atoms with Crippen LogP contribution in [0.25, 0.3) is 10.2 Å². The van der Waals surface area contributed by atoms with Gasteiger partial charge in [0.25, 0.3) is 17.2 Å². The lowest BCUT2D eigenvalue weighted by atomic mass is 10.2. The van der Waals surface area contributed by atoms with Crippen molar-refractivity contribution in [2.24, 2.45) is 0 Å². The van der Waals surface area contributed by atoms with Crippen molar-refractivity contribution in [3.63, 3.8) is 0 Å². The summed E-state index contributed by atoms with van der Waals surface area (Å²) in [6.07, 6.45) is 1.24. The van der Waals surface area contributed by atoms with Gasteiger partial charge in [0.2, 0.25) is 0 Å². The van der Waals surface area contributed by atoms with Gasteiger partial charge in [-0.3, -0.25) is 19.7 Å². The zero-order valence-electron chi connectivity index (χ0n) is 18.0. The van der Waals surface area contributed by atoms with Crippen molar-refractivity contribution < 1.29 is 9.72 Å². The molecule has 4 heterocycles. The number of nitrogens with one attached hydrogen (secondary N) is 1. The van der Waals surface area contributed by atoms with Crippen molar-refractivity contribution in [2.75, 3.05) is 45.2 Å². The molecule has 0 bridgehead atoms. The van der Waals surface area contributed by atoms with Gasteiger partial charge in [0, 0.05) is 32.2 Å². The Bertz CT molecular complexity index is 1230. The Morgan fingerprint density at radius 2 is 2.00 bits per heavy atom. The van der Waals surface area contributed by atoms with Crippen LogP contribution in [0, 0.1) is 17.0 Å². The molecule has 0 saturated carbocycles. The third-order valence-corrected chi connectivity index (χ3v) is 6.52. The fourth-order valence-corrected chi connectivity index (χ4v) is 4.89. The number of nitrogens with zero attached hydrogens (tertiary/aromatic N) is 6. The van der Waals surface area contributed by atoms with Crippen LogP contribution < -0.4 is 10.5 Å². The van der Waals surface area contributed by atoms with Crippen LogP contribution in [0.15, 0.2) is 23.1 Å². The maximum absolute atomic E-state index is 13.2. The van der Waals surface area contributed by atoms with Gasteiger partial charge >= 0.3 is 0 Å². The highest BCUT2D eigenvalue weighted by molar-refractivity contribution is 7.20. The van der Waals surface area contributed by atoms with Gasteiger partial charge in [0.05, 0.1) is 21.7 Å². The van der Waals surface area contributed by atoms with Gasteiger partial charge in [-0.2, -0.15) is 0 Å². The van der Waals surface area contributed by atoms with E-state index in [1.807, 2.05) is 23.9 Å². The number of hydrogen-bond donors (Lipinski definition) is 1. The summed E-state index contributed by atoms with van der Waals surface area (Å²) in [6.45, 7) is 4.38. The van der Waals surface area contributed by atoms with E-state index in [0.29, 0.717) is 65.0 Å². The Kier molecular flexibility index (Phi) is 5.89. The molecule has 1 aliphatic heterocycles. The van der Waals surface area contributed by atoms with Crippen LogP contribution in [0.5, 0.6) is 0 Å². The second-order valence-electron chi connectivity index (χ2n) is 7.90. The highest BCUT2D eigenvalue weighted by Gasteiger charge is 2.27. The van der Waals surface area contributed by atoms with Gasteiger partial charge < -0.3 is 19.7 Å². The van der Waals surface area contributed by atoms with E-state index in [1.54, 1.807) is 17.9 Å². The number of fused-ring (bicyclic) bond motifs is 1. The maximum Gasteiger partial charge on any atom is 0.287 e. The minimum absolute atomic E-state index is 0.0554. The molecular weight excluding hydrogens is 434 g/mol. The van der Waals surface area contributed by atoms with E-state index < -0.39 is 4.92 Å². The number of piperazine rings is 1. The topological polar surface area (TPSA) is 129 Å². The predicted molar refractivity (Wildman–Crippen MR) is 121 cm³/mol. The number of aryl methyl sites for hydroxylation is 1. The molecule has 0 unspecified atom stereocenters. The molecule has 1 saturated heterocycles. The summed E-state index contributed by atoms with van der Waals surface area (Å²) in [4.78, 5) is 54.4. The highest BCUT2D eigenvalue weighted by atomic mass is 32.1. The first-order chi connectivity index (χ1) is 15.2. The molecule has 0 radical (unpaired) electrons. The normalized spacial score (nSPS) is 14.4. The molecule has 0 atom stereocenters. The lowest BCUT2D eigenvalue weighted by Crippen LogP contribution is -2.49. The number of carbonyl (C=O) groups is 1. The number of carbonyl (C=O) groups excluding carboxylic acids is 1. The first-order valence-electron chi connectivity index (χ1n) is 10.1. The molecule has 0 aliphatic carbocycles. The summed E-state index contributed by atoms with van der Waals surface area (Å²) < 4.78 is 0. The van der Waals surface area contributed by atoms with E-state index >= 15 is 0 Å². The van der Waals surface area contributed by atoms with Crippen LogP contribution in [-0.4, -0.2) is 75.9 Å². The van der Waals surface area contributed by atoms with E-state index in [-0.39, 0.29) is 17.2 Å². The molecule has 32 heavy (non-hydrogen) atoms. The molecule has 1 fully saturated rings. The summed E-state index contributed by atoms with van der Waals surface area (Å²) in [5.74, 6) is 1.09. The molecule has 12 heteroatoms. The Labute approximate surface area is 187 Å². The number of H-pyrrole nitrogens is 1. The van der Waals surface area contributed by atoms with Crippen molar-refractivity contribution in [1.82, 2.24) is 24.8 Å². The molecule has 1 amide bonds. The van der Waals surface area contributed by atoms with Crippen molar-refractivity contribution in [1.29, 1.82) is 0 Å². The van der Waals surface area contributed by atoms with Crippen molar-refractivity contribution in [2.45, 2.75) is 13.5 Å². The van der Waals surface area contributed by atoms with Crippen molar-refractivity contribution >= 4 is 39.0 Å². The van der Waals surface area contributed by atoms with Gasteiger partial charge in [-0.25, -0.2) is 9.97 Å². The highest BCUT2D eigenvalue weighted by Crippen LogP contribution is 2.29. The zero-order chi connectivity index (χ0) is 23.0. The minimum Gasteiger partial charge on any atom is -0.353 e. The smallest absolute Gasteiger partial charge is 0.287 e. The average molecular weight is 458 g/mol. The van der Waals surface area contributed by atoms with Crippen LogP contribution in [0.4, 0.5) is 11.5 Å². The number of thiophene rings is 1. The van der Waals surface area contributed by atoms with Crippen LogP contribution in [0.3, 0.4) is 0 Å². The molecule has 168 valence electrons. The van der Waals surface area contributed by atoms with Crippen LogP contribution in [0.2, 0.25) is 0 Å². The number of amides is 1. The third kappa shape index (κ3) is 4.18. The lowest BCUT2D eigenvalue weighted by molar-refractivity contribution is -0.385. The van der Waals surface area contributed by atoms with Crippen molar-refractivity contribution in [3.8, 4) is 0 Å². The van der Waals surface area contributed by atoms with Crippen LogP contribution >= 0.6 is 11.3 Å². The molecule has 3 aromatic rings. The van der Waals surface area contributed by atoms with Gasteiger partial charge in [0.15, 0.2) is 0 Å². The number of aromatic nitrogens is 3. The second-order valence-corrected chi connectivity index (χ2v) is 8.90. The zero-order valence-corrected chi connectivity index (χ0v) is 18.8. The van der Waals surface area contributed by atoms with Gasteiger partial charge in [-0.05, 0) is 32.6 Å². The third-order valence-electron chi connectivity index (χ3n) is 5.34. The predicted octanol–water partition coefficient (Wildman–Crippen LogP) is 1.62. The Balaban J connectivity index is 1.50. The molecule has 0 spiro atoms. The summed E-state index contributed by atoms with van der Waals surface area (Å²) in [6, 6.07) is 3.05. The molecule has 3 aromatic heterocycles. The van der Waals surface area contributed by atoms with E-state index in [2.05, 4.69) is 15.0 Å². The number of hydrogen-bond acceptors (Lipinski definition) is 9. The number of aromatic amines is 1. The summed E-state index contributed by atoms with van der Waals surface area (Å²) >= 11 is 1.25. The van der Waals surface area contributed by atoms with Crippen LogP contribution in [0.1, 0.15) is 21.1 Å². The monoisotopic (exact) mass is 457 g/mol. The number of nitro groups is 1. The van der Waals surface area contributed by atoms with E-state index in [9.17, 15) is 19.7 Å². The summed E-state index contributed by atoms with van der Waals surface area (Å²) in [7, 11) is 3.79. The Morgan fingerprint density at radius 3 is 2.59 bits per heavy atom. The quantitative estimate of drug-likeness (QED) is 0.452. The van der Waals surface area contributed by atoms with E-state index in [1.165, 1.54) is 23.6 Å². The fourth-order valence-electron chi connectivity index (χ4n) is 3.72. The largest absolute Gasteiger partial charge is 0.353 e.